The van der Waals surface area contributed by atoms with Crippen molar-refractivity contribution in [2.75, 3.05) is 0 Å². The van der Waals surface area contributed by atoms with Crippen molar-refractivity contribution in [1.82, 2.24) is 4.98 Å². The molecule has 4 aromatic rings. The molecule has 0 saturated heterocycles. The first-order valence-corrected chi connectivity index (χ1v) is 7.52. The van der Waals surface area contributed by atoms with Crippen LogP contribution in [-0.4, -0.2) is 4.98 Å². The fourth-order valence-electron chi connectivity index (χ4n) is 2.81. The van der Waals surface area contributed by atoms with Crippen LogP contribution in [0.4, 0.5) is 4.39 Å². The van der Waals surface area contributed by atoms with Crippen molar-refractivity contribution >= 4 is 10.9 Å². The summed E-state index contributed by atoms with van der Waals surface area (Å²) in [7, 11) is 0. The Morgan fingerprint density at radius 1 is 0.652 bits per heavy atom. The summed E-state index contributed by atoms with van der Waals surface area (Å²) >= 11 is 0. The van der Waals surface area contributed by atoms with E-state index in [0.717, 1.165) is 27.8 Å². The molecule has 0 aliphatic heterocycles. The molecule has 0 spiro atoms. The van der Waals surface area contributed by atoms with Gasteiger partial charge in [0, 0.05) is 17.0 Å². The molecule has 2 heteroatoms. The maximum Gasteiger partial charge on any atom is 0.125 e. The number of aromatic nitrogens is 1. The summed E-state index contributed by atoms with van der Waals surface area (Å²) in [5.74, 6) is -0.269. The standard InChI is InChI=1S/C21H14FN/c22-17-11-12-18-19(15-7-3-1-4-8-15)14-20(23-21(18)13-17)16-9-5-2-6-10-16/h1-14H. The van der Waals surface area contributed by atoms with Crippen molar-refractivity contribution < 1.29 is 4.39 Å². The molecular weight excluding hydrogens is 285 g/mol. The van der Waals surface area contributed by atoms with Crippen molar-refractivity contribution in [3.05, 3.63) is 90.7 Å². The Balaban J connectivity index is 2.03. The third-order valence-corrected chi connectivity index (χ3v) is 3.93. The third-order valence-electron chi connectivity index (χ3n) is 3.93. The molecule has 1 nitrogen and oxygen atoms in total. The predicted octanol–water partition coefficient (Wildman–Crippen LogP) is 5.71. The van der Waals surface area contributed by atoms with E-state index < -0.39 is 0 Å². The number of nitrogens with zero attached hydrogens (tertiary/aromatic N) is 1. The molecule has 0 unspecified atom stereocenters. The van der Waals surface area contributed by atoms with E-state index in [0.29, 0.717) is 5.52 Å². The van der Waals surface area contributed by atoms with Gasteiger partial charge in [0.15, 0.2) is 0 Å². The van der Waals surface area contributed by atoms with Gasteiger partial charge in [-0.1, -0.05) is 60.7 Å². The quantitative estimate of drug-likeness (QED) is 0.462. The minimum atomic E-state index is -0.269. The Kier molecular flexibility index (Phi) is 3.35. The van der Waals surface area contributed by atoms with Crippen LogP contribution < -0.4 is 0 Å². The maximum atomic E-state index is 13.7. The van der Waals surface area contributed by atoms with Crippen LogP contribution in [0, 0.1) is 5.82 Å². The van der Waals surface area contributed by atoms with E-state index in [-0.39, 0.29) is 5.82 Å². The minimum absolute atomic E-state index is 0.269. The second-order valence-electron chi connectivity index (χ2n) is 5.45. The first-order chi connectivity index (χ1) is 11.3. The second-order valence-corrected chi connectivity index (χ2v) is 5.45. The Morgan fingerprint density at radius 2 is 1.30 bits per heavy atom. The molecule has 0 aliphatic rings. The zero-order valence-corrected chi connectivity index (χ0v) is 12.4. The molecule has 0 atom stereocenters. The number of hydrogen-bond acceptors (Lipinski definition) is 1. The molecule has 0 fully saturated rings. The fraction of sp³-hybridized carbons (Fsp3) is 0. The molecular formula is C21H14FN. The lowest BCUT2D eigenvalue weighted by molar-refractivity contribution is 0.629. The Morgan fingerprint density at radius 3 is 2.00 bits per heavy atom. The smallest absolute Gasteiger partial charge is 0.125 e. The van der Waals surface area contributed by atoms with Gasteiger partial charge >= 0.3 is 0 Å². The highest BCUT2D eigenvalue weighted by Gasteiger charge is 2.10. The highest BCUT2D eigenvalue weighted by Crippen LogP contribution is 2.32. The molecule has 0 N–H and O–H groups in total. The van der Waals surface area contributed by atoms with E-state index in [1.165, 1.54) is 12.1 Å². The first-order valence-electron chi connectivity index (χ1n) is 7.52. The van der Waals surface area contributed by atoms with E-state index in [2.05, 4.69) is 23.2 Å². The predicted molar refractivity (Wildman–Crippen MR) is 92.6 cm³/mol. The van der Waals surface area contributed by atoms with Crippen LogP contribution in [0.1, 0.15) is 0 Å². The van der Waals surface area contributed by atoms with E-state index in [9.17, 15) is 4.39 Å². The van der Waals surface area contributed by atoms with Gasteiger partial charge < -0.3 is 0 Å². The number of fused-ring (bicyclic) bond motifs is 1. The number of halogens is 1. The summed E-state index contributed by atoms with van der Waals surface area (Å²) in [5, 5.41) is 0.956. The van der Waals surface area contributed by atoms with Crippen molar-refractivity contribution in [2.24, 2.45) is 0 Å². The molecule has 110 valence electrons. The zero-order chi connectivity index (χ0) is 15.6. The number of pyridine rings is 1. The largest absolute Gasteiger partial charge is 0.248 e. The van der Waals surface area contributed by atoms with Crippen LogP contribution in [0.25, 0.3) is 33.3 Å². The van der Waals surface area contributed by atoms with Crippen LogP contribution in [-0.2, 0) is 0 Å². The van der Waals surface area contributed by atoms with E-state index >= 15 is 0 Å². The summed E-state index contributed by atoms with van der Waals surface area (Å²) in [5.41, 5.74) is 4.71. The summed E-state index contributed by atoms with van der Waals surface area (Å²) in [6.07, 6.45) is 0. The van der Waals surface area contributed by atoms with Crippen molar-refractivity contribution in [3.63, 3.8) is 0 Å². The SMILES string of the molecule is Fc1ccc2c(-c3ccccc3)cc(-c3ccccc3)nc2c1. The third kappa shape index (κ3) is 2.59. The lowest BCUT2D eigenvalue weighted by Crippen LogP contribution is -1.90. The number of benzene rings is 3. The van der Waals surface area contributed by atoms with Crippen molar-refractivity contribution in [1.29, 1.82) is 0 Å². The Labute approximate surface area is 134 Å². The van der Waals surface area contributed by atoms with E-state index in [1.807, 2.05) is 48.5 Å². The van der Waals surface area contributed by atoms with Crippen LogP contribution in [0.5, 0.6) is 0 Å². The van der Waals surface area contributed by atoms with Gasteiger partial charge in [-0.3, -0.25) is 0 Å². The maximum absolute atomic E-state index is 13.7. The summed E-state index contributed by atoms with van der Waals surface area (Å²) in [4.78, 5) is 4.65. The average molecular weight is 299 g/mol. The second kappa shape index (κ2) is 5.65. The summed E-state index contributed by atoms with van der Waals surface area (Å²) < 4.78 is 13.7. The van der Waals surface area contributed by atoms with Crippen LogP contribution in [0.15, 0.2) is 84.9 Å². The number of rotatable bonds is 2. The monoisotopic (exact) mass is 299 g/mol. The summed E-state index contributed by atoms with van der Waals surface area (Å²) in [6, 6.07) is 27.0. The molecule has 23 heavy (non-hydrogen) atoms. The summed E-state index contributed by atoms with van der Waals surface area (Å²) in [6.45, 7) is 0. The van der Waals surface area contributed by atoms with E-state index in [1.54, 1.807) is 6.07 Å². The van der Waals surface area contributed by atoms with Crippen LogP contribution in [0.3, 0.4) is 0 Å². The lowest BCUT2D eigenvalue weighted by atomic mass is 9.98. The lowest BCUT2D eigenvalue weighted by Gasteiger charge is -2.10. The average Bonchev–Trinajstić information content (AvgIpc) is 2.62. The van der Waals surface area contributed by atoms with Gasteiger partial charge in [0.25, 0.3) is 0 Å². The minimum Gasteiger partial charge on any atom is -0.248 e. The normalized spacial score (nSPS) is 10.8. The van der Waals surface area contributed by atoms with Crippen molar-refractivity contribution in [2.45, 2.75) is 0 Å². The van der Waals surface area contributed by atoms with Gasteiger partial charge in [-0.2, -0.15) is 0 Å². The zero-order valence-electron chi connectivity index (χ0n) is 12.4. The van der Waals surface area contributed by atoms with Gasteiger partial charge in [-0.25, -0.2) is 9.37 Å². The Bertz CT molecular complexity index is 963. The van der Waals surface area contributed by atoms with Crippen molar-refractivity contribution in [3.8, 4) is 22.4 Å². The molecule has 0 amide bonds. The molecule has 1 aromatic heterocycles. The van der Waals surface area contributed by atoms with Crippen LogP contribution in [0.2, 0.25) is 0 Å². The molecule has 0 radical (unpaired) electrons. The molecule has 0 bridgehead atoms. The molecule has 0 saturated carbocycles. The van der Waals surface area contributed by atoms with Gasteiger partial charge in [0.1, 0.15) is 5.82 Å². The molecule has 4 rings (SSSR count). The highest BCUT2D eigenvalue weighted by atomic mass is 19.1. The topological polar surface area (TPSA) is 12.9 Å². The Hall–Kier alpha value is -3.00. The van der Waals surface area contributed by atoms with Gasteiger partial charge in [-0.15, -0.1) is 0 Å². The first kappa shape index (κ1) is 13.6. The molecule has 3 aromatic carbocycles. The number of hydrogen-bond donors (Lipinski definition) is 0. The van der Waals surface area contributed by atoms with E-state index in [4.69, 9.17) is 0 Å². The van der Waals surface area contributed by atoms with Crippen LogP contribution >= 0.6 is 0 Å². The molecule has 0 aliphatic carbocycles. The fourth-order valence-corrected chi connectivity index (χ4v) is 2.81. The van der Waals surface area contributed by atoms with Gasteiger partial charge in [-0.05, 0) is 29.3 Å². The molecule has 1 heterocycles. The van der Waals surface area contributed by atoms with Gasteiger partial charge in [0.2, 0.25) is 0 Å². The highest BCUT2D eigenvalue weighted by molar-refractivity contribution is 5.96. The van der Waals surface area contributed by atoms with Gasteiger partial charge in [0.05, 0.1) is 11.2 Å².